The Balaban J connectivity index is 1.74. The lowest BCUT2D eigenvalue weighted by atomic mass is 10.2. The van der Waals surface area contributed by atoms with Crippen molar-refractivity contribution in [3.8, 4) is 5.69 Å². The summed E-state index contributed by atoms with van der Waals surface area (Å²) in [7, 11) is -2.26. The van der Waals surface area contributed by atoms with E-state index in [2.05, 4.69) is 5.10 Å². The summed E-state index contributed by atoms with van der Waals surface area (Å²) >= 11 is 6.12. The Morgan fingerprint density at radius 2 is 1.90 bits per heavy atom. The van der Waals surface area contributed by atoms with E-state index in [0.29, 0.717) is 0 Å². The maximum absolute atomic E-state index is 12.7. The second-order valence-electron chi connectivity index (χ2n) is 6.95. The predicted octanol–water partition coefficient (Wildman–Crippen LogP) is 3.91. The van der Waals surface area contributed by atoms with Crippen LogP contribution in [-0.2, 0) is 21.4 Å². The lowest BCUT2D eigenvalue weighted by molar-refractivity contribution is 0.0472. The highest BCUT2D eigenvalue weighted by Gasteiger charge is 2.25. The first-order valence-electron chi connectivity index (χ1n) is 9.24. The second kappa shape index (κ2) is 8.99. The monoisotopic (exact) mass is 447 g/mol. The Kier molecular flexibility index (Phi) is 6.60. The Labute approximate surface area is 180 Å². The molecule has 1 heterocycles. The quantitative estimate of drug-likeness (QED) is 0.513. The lowest BCUT2D eigenvalue weighted by Gasteiger charge is -2.21. The van der Waals surface area contributed by atoms with Gasteiger partial charge in [-0.25, -0.2) is 17.9 Å². The number of carbonyl (C=O) groups excluding carboxylic acids is 1. The van der Waals surface area contributed by atoms with E-state index in [1.54, 1.807) is 24.7 Å². The van der Waals surface area contributed by atoms with Gasteiger partial charge in [0, 0.05) is 25.5 Å². The van der Waals surface area contributed by atoms with Gasteiger partial charge < -0.3 is 4.74 Å². The van der Waals surface area contributed by atoms with Crippen molar-refractivity contribution in [3.05, 3.63) is 77.1 Å². The lowest BCUT2D eigenvalue weighted by Crippen LogP contribution is -2.33. The van der Waals surface area contributed by atoms with Crippen LogP contribution in [0.5, 0.6) is 0 Å². The number of carbonyl (C=O) groups is 1. The molecule has 0 saturated carbocycles. The summed E-state index contributed by atoms with van der Waals surface area (Å²) in [5, 5.41) is 4.28. The zero-order valence-corrected chi connectivity index (χ0v) is 18.4. The molecule has 2 aromatic carbocycles. The summed E-state index contributed by atoms with van der Waals surface area (Å²) in [6.45, 7) is 3.55. The van der Waals surface area contributed by atoms with Gasteiger partial charge in [-0.05, 0) is 55.8 Å². The van der Waals surface area contributed by atoms with E-state index in [1.165, 1.54) is 29.6 Å². The molecule has 0 aliphatic carbocycles. The summed E-state index contributed by atoms with van der Waals surface area (Å²) in [5.41, 5.74) is 1.66. The Morgan fingerprint density at radius 1 is 1.20 bits per heavy atom. The van der Waals surface area contributed by atoms with Crippen molar-refractivity contribution in [1.29, 1.82) is 0 Å². The molecule has 30 heavy (non-hydrogen) atoms. The Bertz CT molecular complexity index is 1130. The molecule has 3 aromatic rings. The minimum atomic E-state index is -3.75. The molecule has 0 aliphatic rings. The first-order valence-corrected chi connectivity index (χ1v) is 11.1. The van der Waals surface area contributed by atoms with Crippen LogP contribution in [0.25, 0.3) is 5.69 Å². The largest absolute Gasteiger partial charge is 0.457 e. The minimum Gasteiger partial charge on any atom is -0.457 e. The number of rotatable bonds is 7. The minimum absolute atomic E-state index is 0.00283. The van der Waals surface area contributed by atoms with Crippen molar-refractivity contribution in [1.82, 2.24) is 14.1 Å². The van der Waals surface area contributed by atoms with E-state index < -0.39 is 16.0 Å². The zero-order valence-electron chi connectivity index (χ0n) is 16.8. The van der Waals surface area contributed by atoms with Crippen LogP contribution < -0.4 is 0 Å². The Hall–Kier alpha value is -2.68. The molecule has 0 atom stereocenters. The fourth-order valence-electron chi connectivity index (χ4n) is 2.66. The predicted molar refractivity (Wildman–Crippen MR) is 114 cm³/mol. The normalized spacial score (nSPS) is 11.8. The van der Waals surface area contributed by atoms with Gasteiger partial charge in [0.2, 0.25) is 10.0 Å². The average Bonchev–Trinajstić information content (AvgIpc) is 3.26. The summed E-state index contributed by atoms with van der Waals surface area (Å²) in [6.07, 6.45) is 3.52. The molecular formula is C21H22ClN3O4S. The summed E-state index contributed by atoms with van der Waals surface area (Å²) < 4.78 is 33.7. The van der Waals surface area contributed by atoms with Crippen molar-refractivity contribution in [2.75, 3.05) is 7.05 Å². The van der Waals surface area contributed by atoms with E-state index >= 15 is 0 Å². The molecule has 0 saturated heterocycles. The fourth-order valence-corrected chi connectivity index (χ4v) is 4.25. The third kappa shape index (κ3) is 4.72. The van der Waals surface area contributed by atoms with Gasteiger partial charge >= 0.3 is 5.97 Å². The molecule has 9 heteroatoms. The van der Waals surface area contributed by atoms with Crippen LogP contribution in [0.3, 0.4) is 0 Å². The van der Waals surface area contributed by atoms with Crippen molar-refractivity contribution in [2.45, 2.75) is 31.4 Å². The third-order valence-electron chi connectivity index (χ3n) is 4.64. The van der Waals surface area contributed by atoms with Crippen LogP contribution in [0, 0.1) is 0 Å². The van der Waals surface area contributed by atoms with Crippen molar-refractivity contribution >= 4 is 27.6 Å². The van der Waals surface area contributed by atoms with Crippen LogP contribution >= 0.6 is 11.6 Å². The molecule has 0 unspecified atom stereocenters. The number of nitrogens with zero attached hydrogens (tertiary/aromatic N) is 3. The molecule has 7 nitrogen and oxygen atoms in total. The number of halogens is 1. The highest BCUT2D eigenvalue weighted by molar-refractivity contribution is 7.89. The molecule has 0 bridgehead atoms. The van der Waals surface area contributed by atoms with Gasteiger partial charge in [0.05, 0.1) is 21.2 Å². The topological polar surface area (TPSA) is 81.5 Å². The molecule has 0 fully saturated rings. The first-order chi connectivity index (χ1) is 14.2. The standard InChI is InChI=1S/C21H22ClN3O4S/c1-15(2)24(3)30(27,28)18-9-10-20(22)19(13-18)21(26)29-14-16-5-7-17(8-6-16)25-12-4-11-23-25/h4-13,15H,14H2,1-3H3. The highest BCUT2D eigenvalue weighted by atomic mass is 35.5. The number of ether oxygens (including phenoxy) is 1. The van der Waals surface area contributed by atoms with Crippen LogP contribution in [-0.4, -0.2) is 41.6 Å². The zero-order chi connectivity index (χ0) is 21.9. The van der Waals surface area contributed by atoms with Gasteiger partial charge in [0.1, 0.15) is 6.61 Å². The number of aromatic nitrogens is 2. The number of hydrogen-bond acceptors (Lipinski definition) is 5. The van der Waals surface area contributed by atoms with Crippen LogP contribution in [0.15, 0.2) is 65.8 Å². The first kappa shape index (κ1) is 22.0. The number of esters is 1. The van der Waals surface area contributed by atoms with Crippen LogP contribution in [0.2, 0.25) is 5.02 Å². The van der Waals surface area contributed by atoms with Crippen molar-refractivity contribution in [3.63, 3.8) is 0 Å². The van der Waals surface area contributed by atoms with E-state index in [4.69, 9.17) is 16.3 Å². The number of benzene rings is 2. The van der Waals surface area contributed by atoms with E-state index in [0.717, 1.165) is 11.3 Å². The van der Waals surface area contributed by atoms with Gasteiger partial charge in [0.25, 0.3) is 0 Å². The Morgan fingerprint density at radius 3 is 2.50 bits per heavy atom. The maximum atomic E-state index is 12.7. The average molecular weight is 448 g/mol. The van der Waals surface area contributed by atoms with Crippen molar-refractivity contribution in [2.24, 2.45) is 0 Å². The molecule has 0 aliphatic heterocycles. The molecule has 0 spiro atoms. The maximum Gasteiger partial charge on any atom is 0.340 e. The summed E-state index contributed by atoms with van der Waals surface area (Å²) in [4.78, 5) is 12.5. The van der Waals surface area contributed by atoms with Crippen LogP contribution in [0.1, 0.15) is 29.8 Å². The van der Waals surface area contributed by atoms with Crippen molar-refractivity contribution < 1.29 is 17.9 Å². The van der Waals surface area contributed by atoms with Gasteiger partial charge in [-0.1, -0.05) is 23.7 Å². The highest BCUT2D eigenvalue weighted by Crippen LogP contribution is 2.24. The molecular weight excluding hydrogens is 426 g/mol. The third-order valence-corrected chi connectivity index (χ3v) is 7.00. The van der Waals surface area contributed by atoms with Gasteiger partial charge in [0.15, 0.2) is 0 Å². The van der Waals surface area contributed by atoms with Gasteiger partial charge in [-0.3, -0.25) is 0 Å². The molecule has 0 radical (unpaired) electrons. The fraction of sp³-hybridized carbons (Fsp3) is 0.238. The SMILES string of the molecule is CC(C)N(C)S(=O)(=O)c1ccc(Cl)c(C(=O)OCc2ccc(-n3cccn3)cc2)c1. The molecule has 0 N–H and O–H groups in total. The molecule has 1 aromatic heterocycles. The van der Waals surface area contributed by atoms with Gasteiger partial charge in [-0.15, -0.1) is 0 Å². The summed E-state index contributed by atoms with van der Waals surface area (Å²) in [5.74, 6) is -0.694. The van der Waals surface area contributed by atoms with Crippen LogP contribution in [0.4, 0.5) is 0 Å². The summed E-state index contributed by atoms with van der Waals surface area (Å²) in [6, 6.07) is 13.0. The number of hydrogen-bond donors (Lipinski definition) is 0. The second-order valence-corrected chi connectivity index (χ2v) is 9.35. The smallest absolute Gasteiger partial charge is 0.340 e. The van der Waals surface area contributed by atoms with E-state index in [1.807, 2.05) is 36.5 Å². The number of sulfonamides is 1. The van der Waals surface area contributed by atoms with Gasteiger partial charge in [-0.2, -0.15) is 9.40 Å². The molecule has 0 amide bonds. The molecule has 158 valence electrons. The van der Waals surface area contributed by atoms with E-state index in [9.17, 15) is 13.2 Å². The molecule has 3 rings (SSSR count). The van der Waals surface area contributed by atoms with E-state index in [-0.39, 0.29) is 28.1 Å².